The van der Waals surface area contributed by atoms with E-state index in [1.165, 1.54) is 37.1 Å². The van der Waals surface area contributed by atoms with Crippen LogP contribution in [0.25, 0.3) is 0 Å². The molecule has 146 valence electrons. The molecule has 2 rings (SSSR count). The van der Waals surface area contributed by atoms with Crippen molar-refractivity contribution in [3.63, 3.8) is 0 Å². The number of amides is 1. The van der Waals surface area contributed by atoms with Crippen molar-refractivity contribution in [2.45, 2.75) is 30.8 Å². The molecule has 0 saturated carbocycles. The molecule has 1 heterocycles. The molecule has 0 radical (unpaired) electrons. The number of carbonyl (C=O) groups is 1. The fourth-order valence-corrected chi connectivity index (χ4v) is 3.73. The van der Waals surface area contributed by atoms with Crippen LogP contribution < -0.4 is 9.62 Å². The average Bonchev–Trinajstić information content (AvgIpc) is 2.65. The van der Waals surface area contributed by atoms with E-state index in [4.69, 9.17) is 0 Å². The van der Waals surface area contributed by atoms with Gasteiger partial charge in [-0.25, -0.2) is 18.4 Å². The third kappa shape index (κ3) is 4.98. The smallest absolute Gasteiger partial charge is 0.265 e. The number of aromatic nitrogens is 2. The topological polar surface area (TPSA) is 92.3 Å². The molecule has 0 bridgehead atoms. The van der Waals surface area contributed by atoms with Crippen LogP contribution in [0.1, 0.15) is 29.8 Å². The number of nitrogens with one attached hydrogen (secondary N) is 1. The van der Waals surface area contributed by atoms with E-state index in [-0.39, 0.29) is 22.2 Å². The number of thioether (sulfide) groups is 1. The first-order chi connectivity index (χ1) is 12.7. The summed E-state index contributed by atoms with van der Waals surface area (Å²) in [6.45, 7) is 6.30. The minimum Gasteiger partial charge on any atom is -0.352 e. The lowest BCUT2D eigenvalue weighted by atomic mass is 10.2. The highest BCUT2D eigenvalue weighted by Gasteiger charge is 2.27. The summed E-state index contributed by atoms with van der Waals surface area (Å²) in [6, 6.07) is 6.53. The summed E-state index contributed by atoms with van der Waals surface area (Å²) in [5.74, 6) is -0.0914. The summed E-state index contributed by atoms with van der Waals surface area (Å²) in [5.41, 5.74) is 1.07. The van der Waals surface area contributed by atoms with Crippen molar-refractivity contribution in [1.82, 2.24) is 15.3 Å². The third-order valence-corrected chi connectivity index (χ3v) is 6.15. The van der Waals surface area contributed by atoms with E-state index in [2.05, 4.69) is 15.3 Å². The van der Waals surface area contributed by atoms with Gasteiger partial charge in [0.05, 0.1) is 4.90 Å². The van der Waals surface area contributed by atoms with Gasteiger partial charge < -0.3 is 5.32 Å². The first-order valence-corrected chi connectivity index (χ1v) is 11.1. The van der Waals surface area contributed by atoms with Crippen molar-refractivity contribution in [3.05, 3.63) is 41.6 Å². The Morgan fingerprint density at radius 2 is 1.89 bits per heavy atom. The Labute approximate surface area is 164 Å². The van der Waals surface area contributed by atoms with Crippen LogP contribution in [0.15, 0.2) is 40.5 Å². The molecule has 27 heavy (non-hydrogen) atoms. The van der Waals surface area contributed by atoms with Crippen LogP contribution >= 0.6 is 11.8 Å². The quantitative estimate of drug-likeness (QED) is 0.559. The highest BCUT2D eigenvalue weighted by atomic mass is 32.2. The normalized spacial score (nSPS) is 11.5. The van der Waals surface area contributed by atoms with Crippen molar-refractivity contribution >= 4 is 33.5 Å². The Hall–Kier alpha value is -2.13. The largest absolute Gasteiger partial charge is 0.352 e. The first kappa shape index (κ1) is 21.2. The van der Waals surface area contributed by atoms with Gasteiger partial charge in [0.25, 0.3) is 15.9 Å². The highest BCUT2D eigenvalue weighted by Crippen LogP contribution is 2.25. The zero-order valence-electron chi connectivity index (χ0n) is 16.1. The molecule has 1 aromatic heterocycles. The van der Waals surface area contributed by atoms with Gasteiger partial charge in [0.2, 0.25) is 0 Å². The van der Waals surface area contributed by atoms with Crippen molar-refractivity contribution in [3.8, 4) is 0 Å². The Morgan fingerprint density at radius 3 is 2.44 bits per heavy atom. The predicted octanol–water partition coefficient (Wildman–Crippen LogP) is 2.72. The van der Waals surface area contributed by atoms with E-state index in [0.29, 0.717) is 11.7 Å². The number of hydrogen-bond donors (Lipinski definition) is 1. The van der Waals surface area contributed by atoms with Gasteiger partial charge in [-0.1, -0.05) is 43.3 Å². The molecule has 0 aliphatic heterocycles. The Balaban J connectivity index is 2.47. The van der Waals surface area contributed by atoms with Crippen molar-refractivity contribution in [1.29, 1.82) is 0 Å². The van der Waals surface area contributed by atoms with Crippen molar-refractivity contribution in [2.75, 3.05) is 24.2 Å². The number of carbonyl (C=O) groups excluding carboxylic acids is 1. The van der Waals surface area contributed by atoms with Gasteiger partial charge in [-0.15, -0.1) is 0 Å². The molecular formula is C18H24N4O3S2. The number of hydrogen-bond acceptors (Lipinski definition) is 6. The molecule has 7 nitrogen and oxygen atoms in total. The van der Waals surface area contributed by atoms with Gasteiger partial charge in [0.1, 0.15) is 5.56 Å². The lowest BCUT2D eigenvalue weighted by molar-refractivity contribution is 0.0949. The predicted molar refractivity (Wildman–Crippen MR) is 108 cm³/mol. The molecular weight excluding hydrogens is 384 g/mol. The first-order valence-electron chi connectivity index (χ1n) is 8.41. The van der Waals surface area contributed by atoms with Crippen LogP contribution in [-0.2, 0) is 10.0 Å². The lowest BCUT2D eigenvalue weighted by Gasteiger charge is -2.21. The molecule has 1 amide bonds. The van der Waals surface area contributed by atoms with E-state index < -0.39 is 15.9 Å². The number of aryl methyl sites for hydroxylation is 1. The lowest BCUT2D eigenvalue weighted by Crippen LogP contribution is -2.33. The Kier molecular flexibility index (Phi) is 6.83. The monoisotopic (exact) mass is 408 g/mol. The molecule has 0 unspecified atom stereocenters. The summed E-state index contributed by atoms with van der Waals surface area (Å²) in [6.07, 6.45) is 3.15. The molecule has 1 N–H and O–H groups in total. The average molecular weight is 409 g/mol. The molecule has 0 spiro atoms. The van der Waals surface area contributed by atoms with Crippen LogP contribution in [0.4, 0.5) is 5.82 Å². The number of sulfonamides is 1. The fourth-order valence-electron chi connectivity index (χ4n) is 2.23. The SMILES string of the molecule is CSc1ncc(C(=O)NCC(C)C)c(N(C)S(=O)(=O)c2ccc(C)cc2)n1. The van der Waals surface area contributed by atoms with Crippen LogP contribution in [0.2, 0.25) is 0 Å². The summed E-state index contributed by atoms with van der Waals surface area (Å²) in [5, 5.41) is 3.17. The standard InChI is InChI=1S/C18H24N4O3S2/c1-12(2)10-19-17(23)15-11-20-18(26-5)21-16(15)22(4)27(24,25)14-8-6-13(3)7-9-14/h6-9,11-12H,10H2,1-5H3,(H,19,23). The van der Waals surface area contributed by atoms with Crippen LogP contribution in [0.3, 0.4) is 0 Å². The molecule has 2 aromatic rings. The van der Waals surface area contributed by atoms with E-state index in [1.807, 2.05) is 20.8 Å². The van der Waals surface area contributed by atoms with Crippen LogP contribution in [0, 0.1) is 12.8 Å². The highest BCUT2D eigenvalue weighted by molar-refractivity contribution is 7.98. The minimum absolute atomic E-state index is 0.0520. The molecule has 1 aromatic carbocycles. The summed E-state index contributed by atoms with van der Waals surface area (Å²) >= 11 is 1.27. The van der Waals surface area contributed by atoms with Gasteiger partial charge in [-0.3, -0.25) is 9.10 Å². The molecule has 0 atom stereocenters. The number of rotatable bonds is 7. The van der Waals surface area contributed by atoms with Crippen molar-refractivity contribution in [2.24, 2.45) is 5.92 Å². The van der Waals surface area contributed by atoms with Crippen molar-refractivity contribution < 1.29 is 13.2 Å². The fraction of sp³-hybridized carbons (Fsp3) is 0.389. The maximum atomic E-state index is 13.0. The van der Waals surface area contributed by atoms with Gasteiger partial charge in [-0.05, 0) is 31.2 Å². The molecule has 0 fully saturated rings. The molecule has 0 aliphatic rings. The molecule has 9 heteroatoms. The summed E-state index contributed by atoms with van der Waals surface area (Å²) in [7, 11) is -2.48. The summed E-state index contributed by atoms with van der Waals surface area (Å²) in [4.78, 5) is 21.1. The van der Waals surface area contributed by atoms with E-state index in [0.717, 1.165) is 9.87 Å². The van der Waals surface area contributed by atoms with Gasteiger partial charge in [-0.2, -0.15) is 0 Å². The van der Waals surface area contributed by atoms with Gasteiger partial charge >= 0.3 is 0 Å². The van der Waals surface area contributed by atoms with Gasteiger partial charge in [0, 0.05) is 19.8 Å². The Morgan fingerprint density at radius 1 is 1.26 bits per heavy atom. The van der Waals surface area contributed by atoms with E-state index >= 15 is 0 Å². The Bertz CT molecular complexity index is 913. The maximum absolute atomic E-state index is 13.0. The van der Waals surface area contributed by atoms with Crippen LogP contribution in [0.5, 0.6) is 0 Å². The van der Waals surface area contributed by atoms with Gasteiger partial charge in [0.15, 0.2) is 11.0 Å². The maximum Gasteiger partial charge on any atom is 0.265 e. The zero-order chi connectivity index (χ0) is 20.2. The second-order valence-corrected chi connectivity index (χ2v) is 9.23. The molecule has 0 saturated heterocycles. The van der Waals surface area contributed by atoms with Crippen LogP contribution in [-0.4, -0.2) is 44.1 Å². The zero-order valence-corrected chi connectivity index (χ0v) is 17.7. The third-order valence-electron chi connectivity index (χ3n) is 3.82. The van der Waals surface area contributed by atoms with E-state index in [1.54, 1.807) is 18.4 Å². The number of anilines is 1. The minimum atomic E-state index is -3.87. The molecule has 0 aliphatic carbocycles. The number of benzene rings is 1. The van der Waals surface area contributed by atoms with E-state index in [9.17, 15) is 13.2 Å². The second-order valence-electron chi connectivity index (χ2n) is 6.48. The summed E-state index contributed by atoms with van der Waals surface area (Å²) < 4.78 is 27.1. The second kappa shape index (κ2) is 8.71. The number of nitrogens with zero attached hydrogens (tertiary/aromatic N) is 3.